The summed E-state index contributed by atoms with van der Waals surface area (Å²) in [6.07, 6.45) is 0. The smallest absolute Gasteiger partial charge is 0.143 e. The largest absolute Gasteiger partial charge is 0.508 e. The van der Waals surface area contributed by atoms with Crippen LogP contribution in [0.15, 0.2) is 64.8 Å². The van der Waals surface area contributed by atoms with Gasteiger partial charge in [0, 0.05) is 5.56 Å². The molecule has 3 aromatic carbocycles. The topological polar surface area (TPSA) is 98.3 Å². The third kappa shape index (κ3) is 3.45. The van der Waals surface area contributed by atoms with Gasteiger partial charge in [-0.2, -0.15) is 5.11 Å². The minimum Gasteiger partial charge on any atom is -0.508 e. The van der Waals surface area contributed by atoms with E-state index in [0.29, 0.717) is 11.4 Å². The first-order chi connectivity index (χ1) is 13.0. The van der Waals surface area contributed by atoms with E-state index in [0.717, 1.165) is 26.4 Å². The third-order valence-corrected chi connectivity index (χ3v) is 5.11. The first kappa shape index (κ1) is 17.0. The monoisotopic (exact) mass is 377 g/mol. The lowest BCUT2D eigenvalue weighted by molar-refractivity contribution is 0.474. The molecule has 1 aromatic heterocycles. The average Bonchev–Trinajstić information content (AvgIpc) is 3.05. The maximum atomic E-state index is 10.3. The highest BCUT2D eigenvalue weighted by molar-refractivity contribution is 7.21. The van der Waals surface area contributed by atoms with Crippen LogP contribution in [-0.4, -0.2) is 20.3 Å². The van der Waals surface area contributed by atoms with Gasteiger partial charge in [0.05, 0.1) is 15.9 Å². The zero-order chi connectivity index (χ0) is 19.0. The number of phenols is 3. The number of hydrogen-bond donors (Lipinski definition) is 3. The van der Waals surface area contributed by atoms with E-state index >= 15 is 0 Å². The molecule has 0 aliphatic rings. The molecule has 0 atom stereocenters. The highest BCUT2D eigenvalue weighted by Gasteiger charge is 2.10. The van der Waals surface area contributed by atoms with Crippen molar-refractivity contribution in [3.8, 4) is 27.8 Å². The van der Waals surface area contributed by atoms with Gasteiger partial charge in [0.1, 0.15) is 27.9 Å². The van der Waals surface area contributed by atoms with Gasteiger partial charge in [0.2, 0.25) is 0 Å². The molecule has 0 spiro atoms. The number of aryl methyl sites for hydroxylation is 1. The Balaban J connectivity index is 1.64. The minimum atomic E-state index is -0.00483. The van der Waals surface area contributed by atoms with Crippen LogP contribution in [0.1, 0.15) is 5.56 Å². The van der Waals surface area contributed by atoms with Crippen molar-refractivity contribution in [3.63, 3.8) is 0 Å². The fraction of sp³-hybridized carbons (Fsp3) is 0.0500. The van der Waals surface area contributed by atoms with E-state index in [4.69, 9.17) is 0 Å². The van der Waals surface area contributed by atoms with Gasteiger partial charge in [-0.15, -0.1) is 16.5 Å². The number of nitrogens with zero attached hydrogens (tertiary/aromatic N) is 3. The lowest BCUT2D eigenvalue weighted by Gasteiger charge is -2.02. The molecular formula is C20H15N3O3S. The van der Waals surface area contributed by atoms with E-state index in [-0.39, 0.29) is 17.2 Å². The van der Waals surface area contributed by atoms with E-state index in [2.05, 4.69) is 15.2 Å². The molecule has 7 heteroatoms. The number of fused-ring (bicyclic) bond motifs is 1. The molecule has 6 nitrogen and oxygen atoms in total. The Kier molecular flexibility index (Phi) is 4.21. The first-order valence-corrected chi connectivity index (χ1v) is 8.95. The molecule has 0 aliphatic heterocycles. The summed E-state index contributed by atoms with van der Waals surface area (Å²) in [6, 6.07) is 14.9. The first-order valence-electron chi connectivity index (χ1n) is 8.14. The van der Waals surface area contributed by atoms with Crippen LogP contribution in [-0.2, 0) is 0 Å². The zero-order valence-corrected chi connectivity index (χ0v) is 15.1. The predicted molar refractivity (Wildman–Crippen MR) is 105 cm³/mol. The maximum Gasteiger partial charge on any atom is 0.143 e. The van der Waals surface area contributed by atoms with E-state index in [1.165, 1.54) is 17.4 Å². The number of hydrogen-bond acceptors (Lipinski definition) is 7. The number of thiazole rings is 1. The molecule has 4 aromatic rings. The van der Waals surface area contributed by atoms with Crippen LogP contribution in [0.4, 0.5) is 11.4 Å². The number of benzene rings is 3. The summed E-state index contributed by atoms with van der Waals surface area (Å²) >= 11 is 1.43. The van der Waals surface area contributed by atoms with Gasteiger partial charge in [-0.05, 0) is 67.1 Å². The van der Waals surface area contributed by atoms with Crippen molar-refractivity contribution in [1.82, 2.24) is 4.98 Å². The minimum absolute atomic E-state index is 0.00483. The van der Waals surface area contributed by atoms with Crippen molar-refractivity contribution in [3.05, 3.63) is 60.2 Å². The van der Waals surface area contributed by atoms with Gasteiger partial charge in [-0.1, -0.05) is 0 Å². The fourth-order valence-corrected chi connectivity index (χ4v) is 3.63. The summed E-state index contributed by atoms with van der Waals surface area (Å²) in [4.78, 5) is 4.53. The van der Waals surface area contributed by atoms with E-state index in [1.807, 2.05) is 13.0 Å². The molecular weight excluding hydrogens is 362 g/mol. The lowest BCUT2D eigenvalue weighted by Crippen LogP contribution is -1.77. The van der Waals surface area contributed by atoms with Crippen LogP contribution < -0.4 is 0 Å². The third-order valence-electron chi connectivity index (χ3n) is 4.04. The molecule has 27 heavy (non-hydrogen) atoms. The van der Waals surface area contributed by atoms with Gasteiger partial charge in [-0.3, -0.25) is 0 Å². The molecule has 3 N–H and O–H groups in total. The van der Waals surface area contributed by atoms with Crippen LogP contribution in [0.2, 0.25) is 0 Å². The number of aromatic hydroxyl groups is 3. The SMILES string of the molecule is Cc1cc(O)ccc1/N=N/c1ccc(-c2nc3ccc(O)cc3s2)cc1O. The highest BCUT2D eigenvalue weighted by Crippen LogP contribution is 2.37. The molecule has 0 fully saturated rings. The van der Waals surface area contributed by atoms with Gasteiger partial charge < -0.3 is 15.3 Å². The molecule has 0 bridgehead atoms. The van der Waals surface area contributed by atoms with Crippen molar-refractivity contribution in [2.75, 3.05) is 0 Å². The Morgan fingerprint density at radius 3 is 2.30 bits per heavy atom. The summed E-state index contributed by atoms with van der Waals surface area (Å²) in [5.74, 6) is 0.360. The Morgan fingerprint density at radius 2 is 1.52 bits per heavy atom. The normalized spacial score (nSPS) is 11.4. The van der Waals surface area contributed by atoms with Gasteiger partial charge in [0.15, 0.2) is 0 Å². The summed E-state index contributed by atoms with van der Waals surface area (Å²) in [5.41, 5.74) is 3.28. The van der Waals surface area contributed by atoms with Gasteiger partial charge in [-0.25, -0.2) is 4.98 Å². The lowest BCUT2D eigenvalue weighted by atomic mass is 10.2. The second-order valence-corrected chi connectivity index (χ2v) is 7.08. The second-order valence-electron chi connectivity index (χ2n) is 6.05. The number of aromatic nitrogens is 1. The summed E-state index contributed by atoms with van der Waals surface area (Å²) < 4.78 is 0.871. The van der Waals surface area contributed by atoms with Crippen molar-refractivity contribution in [1.29, 1.82) is 0 Å². The quantitative estimate of drug-likeness (QED) is 0.393. The van der Waals surface area contributed by atoms with Crippen molar-refractivity contribution in [2.24, 2.45) is 10.2 Å². The molecule has 0 unspecified atom stereocenters. The van der Waals surface area contributed by atoms with Crippen LogP contribution >= 0.6 is 11.3 Å². The van der Waals surface area contributed by atoms with Crippen molar-refractivity contribution >= 4 is 32.9 Å². The number of phenolic OH excluding ortho intramolecular Hbond substituents is 3. The maximum absolute atomic E-state index is 10.3. The predicted octanol–water partition coefficient (Wildman–Crippen LogP) is 5.80. The van der Waals surface area contributed by atoms with Crippen molar-refractivity contribution < 1.29 is 15.3 Å². The van der Waals surface area contributed by atoms with Crippen LogP contribution in [0.3, 0.4) is 0 Å². The molecule has 0 radical (unpaired) electrons. The van der Waals surface area contributed by atoms with Crippen LogP contribution in [0.5, 0.6) is 17.2 Å². The van der Waals surface area contributed by atoms with E-state index < -0.39 is 0 Å². The molecule has 0 saturated carbocycles. The second kappa shape index (κ2) is 6.69. The van der Waals surface area contributed by atoms with Gasteiger partial charge in [0.25, 0.3) is 0 Å². The van der Waals surface area contributed by atoms with Crippen LogP contribution in [0.25, 0.3) is 20.8 Å². The molecule has 4 rings (SSSR count). The Morgan fingerprint density at radius 1 is 0.815 bits per heavy atom. The Bertz CT molecular complexity index is 1180. The standard InChI is InChI=1S/C20H15N3O3S/c1-11-8-13(24)3-6-15(11)22-23-16-5-2-12(9-18(16)26)20-21-17-7-4-14(25)10-19(17)27-20/h2-10,24-26H,1H3/b23-22+. The van der Waals surface area contributed by atoms with Crippen LogP contribution in [0, 0.1) is 6.92 Å². The van der Waals surface area contributed by atoms with E-state index in [9.17, 15) is 15.3 Å². The molecule has 0 amide bonds. The molecule has 0 aliphatic carbocycles. The fourth-order valence-electron chi connectivity index (χ4n) is 2.64. The molecule has 0 saturated heterocycles. The summed E-state index contributed by atoms with van der Waals surface area (Å²) in [6.45, 7) is 1.82. The molecule has 1 heterocycles. The number of azo groups is 1. The highest BCUT2D eigenvalue weighted by atomic mass is 32.1. The Labute approximate surface area is 158 Å². The molecule has 134 valence electrons. The number of rotatable bonds is 3. The Hall–Kier alpha value is -3.45. The summed E-state index contributed by atoms with van der Waals surface area (Å²) in [5, 5.41) is 38.3. The average molecular weight is 377 g/mol. The van der Waals surface area contributed by atoms with Crippen molar-refractivity contribution in [2.45, 2.75) is 6.92 Å². The summed E-state index contributed by atoms with van der Waals surface area (Å²) in [7, 11) is 0. The van der Waals surface area contributed by atoms with E-state index in [1.54, 1.807) is 42.5 Å². The van der Waals surface area contributed by atoms with Gasteiger partial charge >= 0.3 is 0 Å². The zero-order valence-electron chi connectivity index (χ0n) is 14.3.